The van der Waals surface area contributed by atoms with Crippen LogP contribution in [0.3, 0.4) is 0 Å². The molecule has 0 aliphatic carbocycles. The molecule has 0 amide bonds. The van der Waals surface area contributed by atoms with Crippen molar-refractivity contribution in [2.45, 2.75) is 9.49 Å². The normalized spacial score (nSPS) is 13.0. The topological polar surface area (TPSA) is 125 Å². The highest BCUT2D eigenvalue weighted by Crippen LogP contribution is 2.42. The van der Waals surface area contributed by atoms with Crippen LogP contribution in [-0.4, -0.2) is 18.4 Å². The maximum Gasteiger partial charge on any atom is 0.223 e. The van der Waals surface area contributed by atoms with E-state index in [1.807, 2.05) is 0 Å². The van der Waals surface area contributed by atoms with Crippen molar-refractivity contribution in [2.75, 3.05) is 0 Å². The highest BCUT2D eigenvalue weighted by molar-refractivity contribution is 7.84. The second kappa shape index (κ2) is 14.0. The number of thiazole rings is 1. The molecule has 2 atom stereocenters. The van der Waals surface area contributed by atoms with Gasteiger partial charge in [-0.15, -0.1) is 11.3 Å². The summed E-state index contributed by atoms with van der Waals surface area (Å²) in [5, 5.41) is 13.9. The molecule has 6 aromatic rings. The van der Waals surface area contributed by atoms with Crippen molar-refractivity contribution >= 4 is 33.3 Å². The number of nitrogens with zero attached hydrogens (tertiary/aromatic N) is 2. The lowest BCUT2D eigenvalue weighted by Gasteiger charge is -2.30. The van der Waals surface area contributed by atoms with E-state index in [4.69, 9.17) is 14.7 Å². The molecule has 6 rings (SSSR count). The van der Waals surface area contributed by atoms with Gasteiger partial charge in [0.25, 0.3) is 0 Å². The first-order valence-electron chi connectivity index (χ1n) is 13.3. The Labute approximate surface area is 270 Å². The predicted octanol–water partition coefficient (Wildman–Crippen LogP) is 6.20. The lowest BCUT2D eigenvalue weighted by atomic mass is 9.90. The number of hydrogen-bond donors (Lipinski definition) is 2. The van der Waals surface area contributed by atoms with E-state index in [0.29, 0.717) is 27.3 Å². The van der Waals surface area contributed by atoms with E-state index in [1.54, 1.807) is 11.6 Å². The molecule has 0 bridgehead atoms. The maximum atomic E-state index is 13.3. The molecular formula is C32H24F4N4O3S3. The monoisotopic (exact) mass is 684 g/mol. The van der Waals surface area contributed by atoms with Gasteiger partial charge in [-0.1, -0.05) is 48.5 Å². The van der Waals surface area contributed by atoms with Gasteiger partial charge in [-0.3, -0.25) is 10.3 Å². The Kier molecular flexibility index (Phi) is 10.0. The molecule has 0 aliphatic rings. The number of benzene rings is 4. The SMILES string of the molecule is NS(=O)C(c1ccc(F)cc1)(c1ccc(F)cc1)c1ncco1.NS(=O)C(c1ccc(F)cc1)(c1ccc(F)cc1)c1nccs1. The third-order valence-corrected chi connectivity index (χ3v) is 10.6. The van der Waals surface area contributed by atoms with Gasteiger partial charge in [-0.05, 0) is 70.8 Å². The van der Waals surface area contributed by atoms with Crippen LogP contribution in [0.2, 0.25) is 0 Å². The van der Waals surface area contributed by atoms with Gasteiger partial charge in [0.1, 0.15) is 56.5 Å². The standard InChI is InChI=1S/C16H12F2N2O2S.C16H12F2N2OS2/c2*17-13-5-1-11(2-6-13)16(23(19)21,15-20-9-10-22-15)12-3-7-14(18)8-4-12/h2*1-10H,19H2. The van der Waals surface area contributed by atoms with Crippen LogP contribution in [0, 0.1) is 23.3 Å². The molecule has 2 unspecified atom stereocenters. The smallest absolute Gasteiger partial charge is 0.223 e. The Morgan fingerprint density at radius 1 is 0.565 bits per heavy atom. The fraction of sp³-hybridized carbons (Fsp3) is 0.0625. The zero-order valence-corrected chi connectivity index (χ0v) is 26.0. The summed E-state index contributed by atoms with van der Waals surface area (Å²) in [7, 11) is -3.91. The van der Waals surface area contributed by atoms with Crippen molar-refractivity contribution in [1.29, 1.82) is 0 Å². The molecule has 0 fully saturated rings. The van der Waals surface area contributed by atoms with E-state index in [1.165, 1.54) is 121 Å². The quantitative estimate of drug-likeness (QED) is 0.185. The summed E-state index contributed by atoms with van der Waals surface area (Å²) in [5.41, 5.74) is 1.91. The number of oxazole rings is 1. The fourth-order valence-electron chi connectivity index (χ4n) is 5.00. The van der Waals surface area contributed by atoms with Gasteiger partial charge in [0.05, 0.1) is 6.20 Å². The Morgan fingerprint density at radius 2 is 0.935 bits per heavy atom. The van der Waals surface area contributed by atoms with Crippen LogP contribution in [-0.2, 0) is 31.5 Å². The molecule has 0 saturated heterocycles. The average molecular weight is 685 g/mol. The van der Waals surface area contributed by atoms with Crippen LogP contribution < -0.4 is 10.3 Å². The summed E-state index contributed by atoms with van der Waals surface area (Å²) in [6.45, 7) is 0. The number of halogens is 4. The van der Waals surface area contributed by atoms with Crippen LogP contribution >= 0.6 is 11.3 Å². The summed E-state index contributed by atoms with van der Waals surface area (Å²) in [6.07, 6.45) is 4.29. The summed E-state index contributed by atoms with van der Waals surface area (Å²) < 4.78 is 80.9. The summed E-state index contributed by atoms with van der Waals surface area (Å²) >= 11 is 1.28. The lowest BCUT2D eigenvalue weighted by molar-refractivity contribution is 0.468. The second-order valence-electron chi connectivity index (χ2n) is 9.66. The van der Waals surface area contributed by atoms with Crippen LogP contribution in [0.1, 0.15) is 33.2 Å². The average Bonchev–Trinajstić information content (AvgIpc) is 3.78. The molecule has 46 heavy (non-hydrogen) atoms. The molecule has 0 radical (unpaired) electrons. The van der Waals surface area contributed by atoms with Crippen molar-refractivity contribution < 1.29 is 30.4 Å². The Bertz CT molecular complexity index is 1690. The van der Waals surface area contributed by atoms with Gasteiger partial charge in [-0.2, -0.15) is 0 Å². The summed E-state index contributed by atoms with van der Waals surface area (Å²) in [5.74, 6) is -1.64. The Morgan fingerprint density at radius 3 is 1.22 bits per heavy atom. The van der Waals surface area contributed by atoms with E-state index >= 15 is 0 Å². The van der Waals surface area contributed by atoms with Gasteiger partial charge < -0.3 is 4.42 Å². The molecule has 2 heterocycles. The van der Waals surface area contributed by atoms with Crippen LogP contribution in [0.15, 0.2) is 126 Å². The second-order valence-corrected chi connectivity index (χ2v) is 13.0. The van der Waals surface area contributed by atoms with Gasteiger partial charge in [0, 0.05) is 11.6 Å². The number of rotatable bonds is 8. The number of aromatic nitrogens is 2. The minimum absolute atomic E-state index is 0.0801. The van der Waals surface area contributed by atoms with Gasteiger partial charge >= 0.3 is 0 Å². The molecule has 0 spiro atoms. The van der Waals surface area contributed by atoms with Crippen LogP contribution in [0.25, 0.3) is 0 Å². The van der Waals surface area contributed by atoms with Crippen molar-refractivity contribution in [3.8, 4) is 0 Å². The van der Waals surface area contributed by atoms with Crippen LogP contribution in [0.4, 0.5) is 17.6 Å². The first-order chi connectivity index (χ1) is 22.1. The van der Waals surface area contributed by atoms with E-state index in [0.717, 1.165) is 0 Å². The number of nitrogens with two attached hydrogens (primary N) is 2. The van der Waals surface area contributed by atoms with Gasteiger partial charge in [0.15, 0.2) is 9.49 Å². The Balaban J connectivity index is 0.000000181. The predicted molar refractivity (Wildman–Crippen MR) is 169 cm³/mol. The molecule has 0 aliphatic heterocycles. The Hall–Kier alpha value is -4.34. The summed E-state index contributed by atoms with van der Waals surface area (Å²) in [6, 6.07) is 21.9. The minimum atomic E-state index is -2.01. The fourth-order valence-corrected chi connectivity index (χ4v) is 8.13. The summed E-state index contributed by atoms with van der Waals surface area (Å²) in [4.78, 5) is 8.35. The van der Waals surface area contributed by atoms with Gasteiger partial charge in [0.2, 0.25) is 5.89 Å². The third-order valence-electron chi connectivity index (χ3n) is 7.07. The van der Waals surface area contributed by atoms with Crippen molar-refractivity contribution in [3.05, 3.63) is 178 Å². The van der Waals surface area contributed by atoms with Gasteiger partial charge in [-0.25, -0.2) is 35.9 Å². The molecule has 2 aromatic heterocycles. The zero-order chi connectivity index (χ0) is 32.9. The molecule has 236 valence electrons. The van der Waals surface area contributed by atoms with Crippen molar-refractivity contribution in [3.63, 3.8) is 0 Å². The third kappa shape index (κ3) is 6.22. The number of hydrogen-bond acceptors (Lipinski definition) is 6. The maximum absolute atomic E-state index is 13.3. The molecule has 0 saturated carbocycles. The highest BCUT2D eigenvalue weighted by atomic mass is 32.2. The van der Waals surface area contributed by atoms with Crippen LogP contribution in [0.5, 0.6) is 0 Å². The molecular weight excluding hydrogens is 661 g/mol. The van der Waals surface area contributed by atoms with E-state index in [-0.39, 0.29) is 5.89 Å². The van der Waals surface area contributed by atoms with E-state index in [9.17, 15) is 26.0 Å². The highest BCUT2D eigenvalue weighted by Gasteiger charge is 2.46. The first kappa shape index (κ1) is 33.0. The van der Waals surface area contributed by atoms with Crippen molar-refractivity contribution in [1.82, 2.24) is 9.97 Å². The minimum Gasteiger partial charge on any atom is -0.447 e. The lowest BCUT2D eigenvalue weighted by Crippen LogP contribution is -2.38. The molecule has 4 aromatic carbocycles. The zero-order valence-electron chi connectivity index (χ0n) is 23.6. The van der Waals surface area contributed by atoms with E-state index < -0.39 is 54.7 Å². The molecule has 7 nitrogen and oxygen atoms in total. The first-order valence-corrected chi connectivity index (χ1v) is 16.6. The molecule has 14 heteroatoms. The van der Waals surface area contributed by atoms with E-state index in [2.05, 4.69) is 9.97 Å². The largest absolute Gasteiger partial charge is 0.447 e. The molecule has 4 N–H and O–H groups in total. The van der Waals surface area contributed by atoms with Crippen molar-refractivity contribution in [2.24, 2.45) is 10.3 Å².